The highest BCUT2D eigenvalue weighted by Gasteiger charge is 2.27. The third kappa shape index (κ3) is 50.0. The summed E-state index contributed by atoms with van der Waals surface area (Å²) in [7, 11) is 0. The summed E-state index contributed by atoms with van der Waals surface area (Å²) in [5.41, 5.74) is 0. The maximum atomic E-state index is 9.44. The molecule has 0 amide bonds. The molecule has 0 aromatic rings. The van der Waals surface area contributed by atoms with E-state index >= 15 is 0 Å². The summed E-state index contributed by atoms with van der Waals surface area (Å²) in [6.45, 7) is 4.36. The van der Waals surface area contributed by atoms with Crippen molar-refractivity contribution in [1.29, 1.82) is 0 Å². The van der Waals surface area contributed by atoms with Crippen LogP contribution in [0, 0.1) is 0 Å². The van der Waals surface area contributed by atoms with E-state index in [1.165, 1.54) is 12.8 Å². The largest absolute Gasteiger partial charge is 0.528 e. The van der Waals surface area contributed by atoms with Gasteiger partial charge in [0.25, 0.3) is 0 Å². The number of hydrogen-bond donors (Lipinski definition) is 4. The number of rotatable bonds is 1. The summed E-state index contributed by atoms with van der Waals surface area (Å²) in [6, 6.07) is 0. The Morgan fingerprint density at radius 2 is 1.00 bits per heavy atom. The van der Waals surface area contributed by atoms with Gasteiger partial charge in [-0.2, -0.15) is 0 Å². The Hall–Kier alpha value is -2.52. The zero-order chi connectivity index (χ0) is 15.1. The highest BCUT2D eigenvalue weighted by molar-refractivity contribution is 5.93. The molecule has 0 radical (unpaired) electrons. The Morgan fingerprint density at radius 1 is 0.833 bits per heavy atom. The molecule has 4 N–H and O–H groups in total. The topological polar surface area (TPSA) is 168 Å². The third-order valence-corrected chi connectivity index (χ3v) is 0.833. The fourth-order valence-electron chi connectivity index (χ4n) is 0.144. The predicted octanol–water partition coefficient (Wildman–Crippen LogP) is 2.52. The molecule has 0 aromatic carbocycles. The molecule has 0 aliphatic carbocycles. The van der Waals surface area contributed by atoms with Crippen molar-refractivity contribution in [2.75, 3.05) is 0 Å². The van der Waals surface area contributed by atoms with Crippen LogP contribution in [0.15, 0.2) is 0 Å². The zero-order valence-electron chi connectivity index (χ0n) is 9.65. The molecular formula is C8H14O10. The average Bonchev–Trinajstić information content (AvgIpc) is 2.15. The second kappa shape index (κ2) is 14.5. The number of carboxylic acid groups (broad SMARTS) is 4. The van der Waals surface area contributed by atoms with Gasteiger partial charge in [-0.3, -0.25) is 0 Å². The number of cyclic esters (lactones) is 4. The van der Waals surface area contributed by atoms with Crippen molar-refractivity contribution in [3.05, 3.63) is 0 Å². The van der Waals surface area contributed by atoms with Gasteiger partial charge in [-0.25, -0.2) is 19.2 Å². The Balaban J connectivity index is -0.000000171. The van der Waals surface area contributed by atoms with Crippen LogP contribution in [0.25, 0.3) is 0 Å². The number of hydrogen-bond acceptors (Lipinski definition) is 6. The Labute approximate surface area is 101 Å². The van der Waals surface area contributed by atoms with Crippen molar-refractivity contribution in [1.82, 2.24) is 0 Å². The van der Waals surface area contributed by atoms with Crippen LogP contribution >= 0.6 is 0 Å². The van der Waals surface area contributed by atoms with Gasteiger partial charge in [-0.15, -0.1) is 0 Å². The summed E-state index contributed by atoms with van der Waals surface area (Å²) in [6.07, 6.45) is -2.86. The fourth-order valence-corrected chi connectivity index (χ4v) is 0.144. The molecule has 1 aliphatic heterocycles. The number of carbonyl (C=O) groups is 4. The van der Waals surface area contributed by atoms with Crippen molar-refractivity contribution >= 4 is 24.6 Å². The van der Waals surface area contributed by atoms with Gasteiger partial charge in [-0.1, -0.05) is 26.7 Å². The highest BCUT2D eigenvalue weighted by Crippen LogP contribution is 2.00. The summed E-state index contributed by atoms with van der Waals surface area (Å²) < 4.78 is 7.28. The third-order valence-electron chi connectivity index (χ3n) is 0.833. The molecule has 1 heterocycles. The minimum absolute atomic E-state index is 0.917. The lowest BCUT2D eigenvalue weighted by Crippen LogP contribution is -2.27. The molecule has 18 heavy (non-hydrogen) atoms. The molecule has 0 saturated carbocycles. The van der Waals surface area contributed by atoms with Crippen molar-refractivity contribution < 1.29 is 49.1 Å². The van der Waals surface area contributed by atoms with E-state index in [2.05, 4.69) is 23.3 Å². The van der Waals surface area contributed by atoms with E-state index in [1.807, 2.05) is 0 Å². The fraction of sp³-hybridized carbons (Fsp3) is 0.500. The van der Waals surface area contributed by atoms with Gasteiger partial charge in [-0.05, 0) is 0 Å². The minimum atomic E-state index is -1.83. The van der Waals surface area contributed by atoms with E-state index in [0.717, 1.165) is 0 Å². The molecule has 0 unspecified atom stereocenters. The zero-order valence-corrected chi connectivity index (χ0v) is 9.65. The summed E-state index contributed by atoms with van der Waals surface area (Å²) in [5.74, 6) is 0. The molecule has 0 aromatic heterocycles. The van der Waals surface area contributed by atoms with Crippen LogP contribution in [-0.4, -0.2) is 45.0 Å². The monoisotopic (exact) mass is 270 g/mol. The smallest absolute Gasteiger partial charge is 0.450 e. The van der Waals surface area contributed by atoms with Crippen LogP contribution in [0.3, 0.4) is 0 Å². The molecule has 1 fully saturated rings. The van der Waals surface area contributed by atoms with E-state index in [1.54, 1.807) is 0 Å². The second-order valence-corrected chi connectivity index (χ2v) is 2.27. The van der Waals surface area contributed by atoms with Crippen LogP contribution in [0.1, 0.15) is 26.7 Å². The van der Waals surface area contributed by atoms with E-state index in [4.69, 9.17) is 30.0 Å². The van der Waals surface area contributed by atoms with Crippen molar-refractivity contribution in [3.63, 3.8) is 0 Å². The standard InChI is InChI=1S/C4H10.C2O4.2CH2O3/c1-3-4-2;3-1-5-2(4)6-1;2*2-1(3)4/h3-4H2,1-2H3;;2*(H2,2,3,4). The van der Waals surface area contributed by atoms with Crippen molar-refractivity contribution in [3.8, 4) is 0 Å². The van der Waals surface area contributed by atoms with Crippen LogP contribution in [0.5, 0.6) is 0 Å². The SMILES string of the molecule is CCCC.O=C(O)O.O=C(O)O.O=C1OC(=O)O1. The summed E-state index contributed by atoms with van der Waals surface area (Å²) >= 11 is 0. The lowest BCUT2D eigenvalue weighted by molar-refractivity contribution is 0.00674. The first-order chi connectivity index (χ1) is 8.17. The molecule has 0 bridgehead atoms. The summed E-state index contributed by atoms with van der Waals surface area (Å²) in [5, 5.41) is 27.9. The first-order valence-electron chi connectivity index (χ1n) is 4.44. The molecule has 10 heteroatoms. The first kappa shape index (κ1) is 20.8. The second-order valence-electron chi connectivity index (χ2n) is 2.27. The van der Waals surface area contributed by atoms with Gasteiger partial charge in [0.15, 0.2) is 0 Å². The number of ether oxygens (including phenoxy) is 2. The predicted molar refractivity (Wildman–Crippen MR) is 54.9 cm³/mol. The van der Waals surface area contributed by atoms with Crippen LogP contribution in [0.4, 0.5) is 19.2 Å². The van der Waals surface area contributed by atoms with Gasteiger partial charge < -0.3 is 29.9 Å². The highest BCUT2D eigenvalue weighted by atomic mass is 16.9. The molecule has 1 saturated heterocycles. The number of unbranched alkanes of at least 4 members (excludes halogenated alkanes) is 1. The van der Waals surface area contributed by atoms with Gasteiger partial charge in [0, 0.05) is 0 Å². The van der Waals surface area contributed by atoms with E-state index in [0.29, 0.717) is 0 Å². The molecule has 1 aliphatic rings. The maximum Gasteiger partial charge on any atom is 0.528 e. The molecular weight excluding hydrogens is 256 g/mol. The summed E-state index contributed by atoms with van der Waals surface area (Å²) in [4.78, 5) is 36.0. The Bertz CT molecular complexity index is 227. The van der Waals surface area contributed by atoms with Crippen molar-refractivity contribution in [2.45, 2.75) is 26.7 Å². The maximum absolute atomic E-state index is 9.44. The Kier molecular flexibility index (Phi) is 16.8. The quantitative estimate of drug-likeness (QED) is 0.410. The van der Waals surface area contributed by atoms with Gasteiger partial charge in [0.2, 0.25) is 0 Å². The lowest BCUT2D eigenvalue weighted by Gasteiger charge is -2.05. The molecule has 0 spiro atoms. The molecule has 10 nitrogen and oxygen atoms in total. The molecule has 106 valence electrons. The average molecular weight is 270 g/mol. The molecule has 0 atom stereocenters. The number of carbonyl (C=O) groups excluding carboxylic acids is 2. The first-order valence-corrected chi connectivity index (χ1v) is 4.44. The molecule has 1 rings (SSSR count). The Morgan fingerprint density at radius 3 is 1.00 bits per heavy atom. The minimum Gasteiger partial charge on any atom is -0.450 e. The van der Waals surface area contributed by atoms with Gasteiger partial charge in [0.1, 0.15) is 0 Å². The van der Waals surface area contributed by atoms with Gasteiger partial charge in [0.05, 0.1) is 0 Å². The van der Waals surface area contributed by atoms with Gasteiger partial charge >= 0.3 is 24.6 Å². The van der Waals surface area contributed by atoms with E-state index in [-0.39, 0.29) is 0 Å². The van der Waals surface area contributed by atoms with E-state index in [9.17, 15) is 9.59 Å². The van der Waals surface area contributed by atoms with E-state index < -0.39 is 24.6 Å². The van der Waals surface area contributed by atoms with Crippen molar-refractivity contribution in [2.24, 2.45) is 0 Å². The lowest BCUT2D eigenvalue weighted by atomic mass is 10.4. The normalized spacial score (nSPS) is 10.3. The van der Waals surface area contributed by atoms with Crippen LogP contribution in [0.2, 0.25) is 0 Å². The van der Waals surface area contributed by atoms with Crippen LogP contribution in [-0.2, 0) is 9.47 Å². The van der Waals surface area contributed by atoms with Crippen LogP contribution < -0.4 is 0 Å².